The maximum atomic E-state index is 13.0. The minimum absolute atomic E-state index is 0.0714. The van der Waals surface area contributed by atoms with E-state index in [1.54, 1.807) is 12.1 Å². The molecule has 0 aliphatic carbocycles. The SMILES string of the molecule is O=Cc1c(F)n(F)c2ccccc12. The molecule has 2 rings (SSSR count). The highest BCUT2D eigenvalue weighted by atomic mass is 19.2. The van der Waals surface area contributed by atoms with E-state index < -0.39 is 5.95 Å². The summed E-state index contributed by atoms with van der Waals surface area (Å²) in [5.41, 5.74) is -0.166. The van der Waals surface area contributed by atoms with E-state index in [0.29, 0.717) is 6.29 Å². The lowest BCUT2D eigenvalue weighted by molar-refractivity contribution is 0.111. The van der Waals surface area contributed by atoms with Crippen molar-refractivity contribution in [3.05, 3.63) is 35.8 Å². The highest BCUT2D eigenvalue weighted by molar-refractivity contribution is 5.97. The molecule has 0 fully saturated rings. The molecule has 0 unspecified atom stereocenters. The second kappa shape index (κ2) is 2.65. The van der Waals surface area contributed by atoms with Crippen molar-refractivity contribution in [3.63, 3.8) is 0 Å². The minimum atomic E-state index is -1.14. The lowest BCUT2D eigenvalue weighted by Gasteiger charge is -1.88. The van der Waals surface area contributed by atoms with Crippen molar-refractivity contribution in [2.45, 2.75) is 0 Å². The van der Waals surface area contributed by atoms with Crippen LogP contribution in [0.3, 0.4) is 0 Å². The number of fused-ring (bicyclic) bond motifs is 1. The number of hydrogen-bond acceptors (Lipinski definition) is 1. The third-order valence-corrected chi connectivity index (χ3v) is 1.92. The maximum absolute atomic E-state index is 13.0. The number of carbonyl (C=O) groups excluding carboxylic acids is 1. The Balaban J connectivity index is 2.98. The molecule has 2 aromatic rings. The molecule has 0 amide bonds. The largest absolute Gasteiger partial charge is 0.298 e. The van der Waals surface area contributed by atoms with Crippen LogP contribution in [0.15, 0.2) is 24.3 Å². The monoisotopic (exact) mass is 181 g/mol. The summed E-state index contributed by atoms with van der Waals surface area (Å²) in [4.78, 5) is 10.3. The summed E-state index contributed by atoms with van der Waals surface area (Å²) in [5.74, 6) is -1.14. The van der Waals surface area contributed by atoms with Gasteiger partial charge in [0.05, 0.1) is 11.1 Å². The third kappa shape index (κ3) is 0.950. The number of halogens is 2. The van der Waals surface area contributed by atoms with Crippen LogP contribution in [-0.2, 0) is 0 Å². The number of aldehydes is 1. The lowest BCUT2D eigenvalue weighted by Crippen LogP contribution is -1.87. The molecule has 0 N–H and O–H groups in total. The molecule has 13 heavy (non-hydrogen) atoms. The van der Waals surface area contributed by atoms with Crippen molar-refractivity contribution >= 4 is 17.2 Å². The van der Waals surface area contributed by atoms with Crippen molar-refractivity contribution in [1.82, 2.24) is 4.79 Å². The van der Waals surface area contributed by atoms with Gasteiger partial charge in [-0.3, -0.25) is 4.79 Å². The molecule has 66 valence electrons. The Kier molecular flexibility index (Phi) is 1.62. The Morgan fingerprint density at radius 2 is 2.00 bits per heavy atom. The zero-order valence-electron chi connectivity index (χ0n) is 6.50. The molecule has 0 radical (unpaired) electrons. The zero-order valence-corrected chi connectivity index (χ0v) is 6.50. The Hall–Kier alpha value is -1.71. The van der Waals surface area contributed by atoms with Gasteiger partial charge in [0.15, 0.2) is 6.29 Å². The molecule has 0 bridgehead atoms. The van der Waals surface area contributed by atoms with E-state index in [1.807, 2.05) is 0 Å². The third-order valence-electron chi connectivity index (χ3n) is 1.92. The molecule has 0 atom stereocenters. The topological polar surface area (TPSA) is 22.0 Å². The highest BCUT2D eigenvalue weighted by Crippen LogP contribution is 2.23. The molecule has 0 aliphatic heterocycles. The number of nitrogens with zero attached hydrogens (tertiary/aromatic N) is 1. The number of aromatic nitrogens is 1. The van der Waals surface area contributed by atoms with Crippen molar-refractivity contribution in [3.8, 4) is 0 Å². The summed E-state index contributed by atoms with van der Waals surface area (Å²) in [7, 11) is 0. The van der Waals surface area contributed by atoms with Crippen molar-refractivity contribution < 1.29 is 13.7 Å². The van der Waals surface area contributed by atoms with E-state index in [2.05, 4.69) is 0 Å². The van der Waals surface area contributed by atoms with Gasteiger partial charge in [-0.1, -0.05) is 22.7 Å². The smallest absolute Gasteiger partial charge is 0.233 e. The van der Waals surface area contributed by atoms with Crippen LogP contribution in [0.25, 0.3) is 10.9 Å². The van der Waals surface area contributed by atoms with E-state index in [4.69, 9.17) is 0 Å². The molecular weight excluding hydrogens is 176 g/mol. The van der Waals surface area contributed by atoms with Crippen LogP contribution in [0.4, 0.5) is 8.87 Å². The fourth-order valence-corrected chi connectivity index (χ4v) is 1.31. The minimum Gasteiger partial charge on any atom is -0.298 e. The molecule has 0 saturated carbocycles. The summed E-state index contributed by atoms with van der Waals surface area (Å²) >= 11 is 0. The van der Waals surface area contributed by atoms with Gasteiger partial charge in [0.1, 0.15) is 0 Å². The molecule has 0 aliphatic rings. The average Bonchev–Trinajstić information content (AvgIpc) is 2.41. The van der Waals surface area contributed by atoms with E-state index in [0.717, 1.165) is 0 Å². The molecule has 1 aromatic carbocycles. The Morgan fingerprint density at radius 3 is 2.69 bits per heavy atom. The first-order chi connectivity index (χ1) is 6.25. The number of hydrogen-bond donors (Lipinski definition) is 0. The lowest BCUT2D eigenvalue weighted by atomic mass is 10.2. The predicted octanol–water partition coefficient (Wildman–Crippen LogP) is 2.33. The van der Waals surface area contributed by atoms with E-state index in [9.17, 15) is 13.7 Å². The number of rotatable bonds is 1. The van der Waals surface area contributed by atoms with Crippen molar-refractivity contribution in [2.75, 3.05) is 0 Å². The van der Waals surface area contributed by atoms with E-state index in [-0.39, 0.29) is 21.3 Å². The average molecular weight is 181 g/mol. The van der Waals surface area contributed by atoms with Gasteiger partial charge in [-0.25, -0.2) is 0 Å². The summed E-state index contributed by atoms with van der Waals surface area (Å²) < 4.78 is 26.0. The number of para-hydroxylation sites is 1. The van der Waals surface area contributed by atoms with Crippen LogP contribution in [0.2, 0.25) is 0 Å². The predicted molar refractivity (Wildman–Crippen MR) is 43.8 cm³/mol. The first-order valence-corrected chi connectivity index (χ1v) is 3.66. The van der Waals surface area contributed by atoms with Crippen LogP contribution < -0.4 is 0 Å². The Bertz CT molecular complexity index is 476. The molecular formula is C9H5F2NO. The molecule has 4 heteroatoms. The molecule has 0 saturated heterocycles. The zero-order chi connectivity index (χ0) is 9.42. The summed E-state index contributed by atoms with van der Waals surface area (Å²) in [6.07, 6.45) is 0.313. The van der Waals surface area contributed by atoms with Gasteiger partial charge < -0.3 is 0 Å². The van der Waals surface area contributed by atoms with Gasteiger partial charge in [-0.05, 0) is 6.07 Å². The summed E-state index contributed by atoms with van der Waals surface area (Å²) in [6.45, 7) is 0. The van der Waals surface area contributed by atoms with Gasteiger partial charge in [0.25, 0.3) is 0 Å². The number of carbonyl (C=O) groups is 1. The van der Waals surface area contributed by atoms with Crippen molar-refractivity contribution in [2.24, 2.45) is 0 Å². The van der Waals surface area contributed by atoms with Gasteiger partial charge in [-0.2, -0.15) is 9.18 Å². The maximum Gasteiger partial charge on any atom is 0.233 e. The first-order valence-electron chi connectivity index (χ1n) is 3.66. The van der Waals surface area contributed by atoms with Crippen LogP contribution in [0.5, 0.6) is 0 Å². The van der Waals surface area contributed by atoms with Crippen LogP contribution in [0, 0.1) is 5.95 Å². The Morgan fingerprint density at radius 1 is 1.31 bits per heavy atom. The van der Waals surface area contributed by atoms with Crippen LogP contribution in [0.1, 0.15) is 10.4 Å². The molecule has 1 aromatic heterocycles. The standard InChI is InChI=1S/C9H5F2NO/c10-9-7(5-13)6-3-1-2-4-8(6)12(9)11/h1-5H. The van der Waals surface area contributed by atoms with Gasteiger partial charge in [0, 0.05) is 5.39 Å². The van der Waals surface area contributed by atoms with Crippen LogP contribution in [-0.4, -0.2) is 11.1 Å². The van der Waals surface area contributed by atoms with E-state index in [1.165, 1.54) is 12.1 Å². The van der Waals surface area contributed by atoms with Crippen LogP contribution >= 0.6 is 0 Å². The molecule has 2 nitrogen and oxygen atoms in total. The summed E-state index contributed by atoms with van der Waals surface area (Å²) in [6, 6.07) is 6.10. The van der Waals surface area contributed by atoms with Gasteiger partial charge in [-0.15, -0.1) is 0 Å². The van der Waals surface area contributed by atoms with Gasteiger partial charge in [0.2, 0.25) is 5.95 Å². The fraction of sp³-hybridized carbons (Fsp3) is 0. The second-order valence-electron chi connectivity index (χ2n) is 2.62. The summed E-state index contributed by atoms with van der Waals surface area (Å²) in [5, 5.41) is 0.289. The fourth-order valence-electron chi connectivity index (χ4n) is 1.31. The first kappa shape index (κ1) is 7.91. The second-order valence-corrected chi connectivity index (χ2v) is 2.62. The van der Waals surface area contributed by atoms with Gasteiger partial charge >= 0.3 is 0 Å². The molecule has 1 heterocycles. The quantitative estimate of drug-likeness (QED) is 0.619. The molecule has 0 spiro atoms. The number of benzene rings is 1. The normalized spacial score (nSPS) is 10.6. The highest BCUT2D eigenvalue weighted by Gasteiger charge is 2.15. The van der Waals surface area contributed by atoms with E-state index >= 15 is 0 Å². The Labute approximate surface area is 72.3 Å². The van der Waals surface area contributed by atoms with Crippen molar-refractivity contribution in [1.29, 1.82) is 0 Å².